The average Bonchev–Trinajstić information content (AvgIpc) is 3.17. The number of amides is 1. The van der Waals surface area contributed by atoms with E-state index in [-0.39, 0.29) is 5.57 Å². The van der Waals surface area contributed by atoms with Crippen LogP contribution in [0.25, 0.3) is 17.4 Å². The molecule has 5 nitrogen and oxygen atoms in total. The Hall–Kier alpha value is -4.09. The molecule has 0 bridgehead atoms. The van der Waals surface area contributed by atoms with Gasteiger partial charge < -0.3 is 9.73 Å². The summed E-state index contributed by atoms with van der Waals surface area (Å²) in [5.41, 5.74) is 3.65. The molecule has 2 aromatic carbocycles. The predicted molar refractivity (Wildman–Crippen MR) is 107 cm³/mol. The number of nitrogens with one attached hydrogen (secondary N) is 1. The van der Waals surface area contributed by atoms with Crippen molar-refractivity contribution in [3.05, 3.63) is 82.6 Å². The highest BCUT2D eigenvalue weighted by Gasteiger charge is 2.13. The zero-order valence-corrected chi connectivity index (χ0v) is 15.5. The third-order valence-electron chi connectivity index (χ3n) is 4.23. The number of nitrogens with zero attached hydrogens (tertiary/aromatic N) is 2. The van der Waals surface area contributed by atoms with Crippen LogP contribution in [0.2, 0.25) is 0 Å². The summed E-state index contributed by atoms with van der Waals surface area (Å²) in [6, 6.07) is 20.2. The van der Waals surface area contributed by atoms with Crippen LogP contribution in [0.5, 0.6) is 0 Å². The lowest BCUT2D eigenvalue weighted by molar-refractivity contribution is -0.112. The summed E-state index contributed by atoms with van der Waals surface area (Å²) < 4.78 is 5.73. The number of carbonyl (C=O) groups is 1. The summed E-state index contributed by atoms with van der Waals surface area (Å²) >= 11 is 0. The van der Waals surface area contributed by atoms with Crippen LogP contribution in [0.15, 0.2) is 64.6 Å². The molecule has 5 heteroatoms. The van der Waals surface area contributed by atoms with Crippen LogP contribution in [0.4, 0.5) is 5.69 Å². The Kier molecular flexibility index (Phi) is 5.39. The standard InChI is InChI=1S/C23H17N3O2/c1-15-7-8-16(2)21(11-15)26-23(27)18(14-25)12-19-9-10-22(28-19)20-6-4-3-5-17(20)13-24/h3-12H,1-2H3,(H,26,27)/b18-12+. The molecule has 0 unspecified atom stereocenters. The van der Waals surface area contributed by atoms with Gasteiger partial charge in [-0.1, -0.05) is 24.3 Å². The van der Waals surface area contributed by atoms with Crippen molar-refractivity contribution >= 4 is 17.7 Å². The van der Waals surface area contributed by atoms with Gasteiger partial charge in [-0.2, -0.15) is 10.5 Å². The molecule has 0 aliphatic heterocycles. The topological polar surface area (TPSA) is 89.8 Å². The van der Waals surface area contributed by atoms with Gasteiger partial charge in [0.1, 0.15) is 23.2 Å². The molecule has 136 valence electrons. The van der Waals surface area contributed by atoms with Crippen molar-refractivity contribution in [2.75, 3.05) is 5.32 Å². The van der Waals surface area contributed by atoms with Crippen LogP contribution in [0.3, 0.4) is 0 Å². The Morgan fingerprint density at radius 1 is 1.07 bits per heavy atom. The van der Waals surface area contributed by atoms with E-state index in [0.717, 1.165) is 11.1 Å². The van der Waals surface area contributed by atoms with E-state index in [2.05, 4.69) is 11.4 Å². The van der Waals surface area contributed by atoms with Gasteiger partial charge in [-0.25, -0.2) is 0 Å². The first-order chi connectivity index (χ1) is 13.5. The molecule has 0 aliphatic carbocycles. The average molecular weight is 367 g/mol. The van der Waals surface area contributed by atoms with E-state index in [9.17, 15) is 15.3 Å². The van der Waals surface area contributed by atoms with Gasteiger partial charge in [-0.3, -0.25) is 4.79 Å². The molecule has 3 rings (SSSR count). The summed E-state index contributed by atoms with van der Waals surface area (Å²) in [5, 5.41) is 21.4. The fourth-order valence-corrected chi connectivity index (χ4v) is 2.72. The lowest BCUT2D eigenvalue weighted by Crippen LogP contribution is -2.14. The molecule has 0 saturated heterocycles. The number of benzene rings is 2. The number of carbonyl (C=O) groups excluding carboxylic acids is 1. The van der Waals surface area contributed by atoms with Crippen molar-refractivity contribution in [1.82, 2.24) is 0 Å². The maximum absolute atomic E-state index is 12.5. The summed E-state index contributed by atoms with van der Waals surface area (Å²) in [6.07, 6.45) is 1.39. The second-order valence-corrected chi connectivity index (χ2v) is 6.30. The number of nitriles is 2. The number of anilines is 1. The van der Waals surface area contributed by atoms with E-state index in [0.29, 0.717) is 28.3 Å². The first-order valence-electron chi connectivity index (χ1n) is 8.61. The highest BCUT2D eigenvalue weighted by atomic mass is 16.3. The fourth-order valence-electron chi connectivity index (χ4n) is 2.72. The van der Waals surface area contributed by atoms with Crippen LogP contribution in [0.1, 0.15) is 22.5 Å². The fraction of sp³-hybridized carbons (Fsp3) is 0.0870. The van der Waals surface area contributed by atoms with Gasteiger partial charge in [0.15, 0.2) is 0 Å². The van der Waals surface area contributed by atoms with E-state index in [1.807, 2.05) is 44.2 Å². The maximum Gasteiger partial charge on any atom is 0.266 e. The monoisotopic (exact) mass is 367 g/mol. The quantitative estimate of drug-likeness (QED) is 0.520. The summed E-state index contributed by atoms with van der Waals surface area (Å²) in [7, 11) is 0. The largest absolute Gasteiger partial charge is 0.457 e. The molecule has 28 heavy (non-hydrogen) atoms. The molecular weight excluding hydrogens is 350 g/mol. The third kappa shape index (κ3) is 4.00. The van der Waals surface area contributed by atoms with E-state index >= 15 is 0 Å². The second kappa shape index (κ2) is 8.07. The Morgan fingerprint density at radius 2 is 1.86 bits per heavy atom. The number of rotatable bonds is 4. The van der Waals surface area contributed by atoms with Gasteiger partial charge in [0.25, 0.3) is 5.91 Å². The molecular formula is C23H17N3O2. The molecule has 1 aromatic heterocycles. The van der Waals surface area contributed by atoms with Crippen molar-refractivity contribution in [3.63, 3.8) is 0 Å². The minimum atomic E-state index is -0.508. The Morgan fingerprint density at radius 3 is 2.61 bits per heavy atom. The van der Waals surface area contributed by atoms with E-state index < -0.39 is 5.91 Å². The van der Waals surface area contributed by atoms with Crippen LogP contribution in [0, 0.1) is 36.5 Å². The molecule has 0 spiro atoms. The highest BCUT2D eigenvalue weighted by Crippen LogP contribution is 2.26. The second-order valence-electron chi connectivity index (χ2n) is 6.30. The van der Waals surface area contributed by atoms with Crippen molar-refractivity contribution < 1.29 is 9.21 Å². The van der Waals surface area contributed by atoms with Gasteiger partial charge in [0.2, 0.25) is 0 Å². The molecule has 1 N–H and O–H groups in total. The molecule has 1 amide bonds. The van der Waals surface area contributed by atoms with Crippen molar-refractivity contribution in [2.45, 2.75) is 13.8 Å². The van der Waals surface area contributed by atoms with E-state index in [1.165, 1.54) is 6.08 Å². The predicted octanol–water partition coefficient (Wildman–Crippen LogP) is 4.98. The van der Waals surface area contributed by atoms with Crippen LogP contribution in [-0.2, 0) is 4.79 Å². The Bertz CT molecular complexity index is 1160. The third-order valence-corrected chi connectivity index (χ3v) is 4.23. The normalized spacial score (nSPS) is 10.8. The number of hydrogen-bond donors (Lipinski definition) is 1. The lowest BCUT2D eigenvalue weighted by Gasteiger charge is -2.08. The first-order valence-corrected chi connectivity index (χ1v) is 8.61. The molecule has 3 aromatic rings. The molecule has 0 saturated carbocycles. The molecule has 1 heterocycles. The maximum atomic E-state index is 12.5. The smallest absolute Gasteiger partial charge is 0.266 e. The molecule has 0 atom stereocenters. The number of aryl methyl sites for hydroxylation is 2. The lowest BCUT2D eigenvalue weighted by atomic mass is 10.1. The van der Waals surface area contributed by atoms with Crippen LogP contribution < -0.4 is 5.32 Å². The SMILES string of the molecule is Cc1ccc(C)c(NC(=O)/C(C#N)=C/c2ccc(-c3ccccc3C#N)o2)c1. The van der Waals surface area contributed by atoms with E-state index in [1.54, 1.807) is 30.3 Å². The minimum absolute atomic E-state index is 0.0737. The number of hydrogen-bond acceptors (Lipinski definition) is 4. The van der Waals surface area contributed by atoms with Gasteiger partial charge in [-0.05, 0) is 55.3 Å². The molecule has 0 aliphatic rings. The van der Waals surface area contributed by atoms with Gasteiger partial charge in [0.05, 0.1) is 11.6 Å². The van der Waals surface area contributed by atoms with Gasteiger partial charge >= 0.3 is 0 Å². The zero-order valence-electron chi connectivity index (χ0n) is 15.5. The van der Waals surface area contributed by atoms with E-state index in [4.69, 9.17) is 4.42 Å². The van der Waals surface area contributed by atoms with Gasteiger partial charge in [-0.15, -0.1) is 0 Å². The first kappa shape index (κ1) is 18.7. The number of furan rings is 1. The summed E-state index contributed by atoms with van der Waals surface area (Å²) in [6.45, 7) is 3.82. The minimum Gasteiger partial charge on any atom is -0.457 e. The van der Waals surface area contributed by atoms with Crippen LogP contribution >= 0.6 is 0 Å². The highest BCUT2D eigenvalue weighted by molar-refractivity contribution is 6.09. The van der Waals surface area contributed by atoms with Crippen molar-refractivity contribution in [2.24, 2.45) is 0 Å². The summed E-state index contributed by atoms with van der Waals surface area (Å²) in [4.78, 5) is 12.5. The van der Waals surface area contributed by atoms with Crippen LogP contribution in [-0.4, -0.2) is 5.91 Å². The van der Waals surface area contributed by atoms with Gasteiger partial charge in [0, 0.05) is 17.3 Å². The zero-order chi connectivity index (χ0) is 20.1. The van der Waals surface area contributed by atoms with Crippen molar-refractivity contribution in [3.8, 4) is 23.5 Å². The Labute approximate surface area is 163 Å². The Balaban J connectivity index is 1.86. The van der Waals surface area contributed by atoms with Crippen molar-refractivity contribution in [1.29, 1.82) is 10.5 Å². The molecule has 0 fully saturated rings. The summed E-state index contributed by atoms with van der Waals surface area (Å²) in [5.74, 6) is 0.345. The molecule has 0 radical (unpaired) electrons.